The predicted molar refractivity (Wildman–Crippen MR) is 113 cm³/mol. The Labute approximate surface area is 170 Å². The van der Waals surface area contributed by atoms with Gasteiger partial charge in [0.1, 0.15) is 5.82 Å². The highest BCUT2D eigenvalue weighted by molar-refractivity contribution is 6.42. The smallest absolute Gasteiger partial charge is 0.162 e. The highest BCUT2D eigenvalue weighted by Crippen LogP contribution is 2.29. The van der Waals surface area contributed by atoms with E-state index in [1.165, 1.54) is 12.1 Å². The van der Waals surface area contributed by atoms with Crippen molar-refractivity contribution in [2.75, 3.05) is 5.43 Å². The highest BCUT2D eigenvalue weighted by atomic mass is 35.5. The fraction of sp³-hybridized carbons (Fsp3) is 0. The SMILES string of the molecule is Fc1ccc(/C=N/Nc2nc(-c3ccc(Cl)c(Cl)c3)nc3ccccc23)cc1. The molecule has 0 fully saturated rings. The second-order valence-electron chi connectivity index (χ2n) is 5.96. The van der Waals surface area contributed by atoms with Crippen LogP contribution in [0.4, 0.5) is 10.2 Å². The van der Waals surface area contributed by atoms with Gasteiger partial charge in [-0.05, 0) is 48.0 Å². The average Bonchev–Trinajstić information content (AvgIpc) is 2.71. The van der Waals surface area contributed by atoms with Gasteiger partial charge in [-0.2, -0.15) is 5.10 Å². The van der Waals surface area contributed by atoms with Crippen molar-refractivity contribution in [2.45, 2.75) is 0 Å². The van der Waals surface area contributed by atoms with Crippen LogP contribution in [0, 0.1) is 5.82 Å². The first-order valence-corrected chi connectivity index (χ1v) is 9.12. The Bertz CT molecular complexity index is 1180. The quantitative estimate of drug-likeness (QED) is 0.322. The Morgan fingerprint density at radius 1 is 0.893 bits per heavy atom. The van der Waals surface area contributed by atoms with Gasteiger partial charge in [0.25, 0.3) is 0 Å². The predicted octanol–water partition coefficient (Wildman–Crippen LogP) is 6.19. The molecule has 0 saturated carbocycles. The zero-order valence-corrected chi connectivity index (χ0v) is 15.9. The standard InChI is InChI=1S/C21H13Cl2FN4/c22-17-10-7-14(11-18(17)23)20-26-19-4-2-1-3-16(19)21(27-20)28-25-12-13-5-8-15(24)9-6-13/h1-12H,(H,26,27,28)/b25-12+. The lowest BCUT2D eigenvalue weighted by Crippen LogP contribution is -1.99. The molecule has 3 aromatic carbocycles. The van der Waals surface area contributed by atoms with Crippen molar-refractivity contribution >= 4 is 46.1 Å². The molecule has 0 atom stereocenters. The van der Waals surface area contributed by atoms with Gasteiger partial charge in [0.05, 0.1) is 21.8 Å². The molecular formula is C21H13Cl2FN4. The molecule has 4 rings (SSSR count). The van der Waals surface area contributed by atoms with Gasteiger partial charge in [0.2, 0.25) is 0 Å². The van der Waals surface area contributed by atoms with E-state index >= 15 is 0 Å². The molecule has 0 unspecified atom stereocenters. The third kappa shape index (κ3) is 3.96. The van der Waals surface area contributed by atoms with E-state index in [9.17, 15) is 4.39 Å². The Hall–Kier alpha value is -3.02. The Balaban J connectivity index is 1.71. The van der Waals surface area contributed by atoms with E-state index < -0.39 is 0 Å². The number of para-hydroxylation sites is 1. The molecule has 0 aliphatic carbocycles. The first kappa shape index (κ1) is 18.3. The van der Waals surface area contributed by atoms with Gasteiger partial charge in [-0.1, -0.05) is 47.5 Å². The fourth-order valence-corrected chi connectivity index (χ4v) is 2.94. The summed E-state index contributed by atoms with van der Waals surface area (Å²) in [6, 6.07) is 18.9. The number of halogens is 3. The zero-order valence-electron chi connectivity index (χ0n) is 14.4. The molecule has 4 aromatic rings. The molecule has 1 aromatic heterocycles. The minimum atomic E-state index is -0.293. The number of aromatic nitrogens is 2. The van der Waals surface area contributed by atoms with E-state index in [0.717, 1.165) is 22.0 Å². The number of rotatable bonds is 4. The first-order chi connectivity index (χ1) is 13.6. The van der Waals surface area contributed by atoms with E-state index in [4.69, 9.17) is 23.2 Å². The Morgan fingerprint density at radius 3 is 2.46 bits per heavy atom. The Morgan fingerprint density at radius 2 is 1.68 bits per heavy atom. The third-order valence-corrected chi connectivity index (χ3v) is 4.77. The molecule has 0 bridgehead atoms. The summed E-state index contributed by atoms with van der Waals surface area (Å²) in [6.45, 7) is 0. The molecule has 7 heteroatoms. The van der Waals surface area contributed by atoms with Crippen LogP contribution >= 0.6 is 23.2 Å². The van der Waals surface area contributed by atoms with Gasteiger partial charge in [0, 0.05) is 10.9 Å². The van der Waals surface area contributed by atoms with Crippen molar-refractivity contribution in [1.29, 1.82) is 0 Å². The van der Waals surface area contributed by atoms with E-state index in [2.05, 4.69) is 20.5 Å². The molecule has 0 spiro atoms. The summed E-state index contributed by atoms with van der Waals surface area (Å²) in [6.07, 6.45) is 1.59. The maximum Gasteiger partial charge on any atom is 0.162 e. The lowest BCUT2D eigenvalue weighted by Gasteiger charge is -2.09. The number of fused-ring (bicyclic) bond motifs is 1. The number of hydrogen-bond acceptors (Lipinski definition) is 4. The zero-order chi connectivity index (χ0) is 19.5. The molecule has 138 valence electrons. The molecule has 0 saturated heterocycles. The van der Waals surface area contributed by atoms with Gasteiger partial charge in [-0.3, -0.25) is 5.43 Å². The second kappa shape index (κ2) is 7.92. The first-order valence-electron chi connectivity index (χ1n) is 8.37. The van der Waals surface area contributed by atoms with Crippen LogP contribution in [0.5, 0.6) is 0 Å². The van der Waals surface area contributed by atoms with E-state index in [1.807, 2.05) is 30.3 Å². The van der Waals surface area contributed by atoms with Crippen LogP contribution in [0.1, 0.15) is 5.56 Å². The summed E-state index contributed by atoms with van der Waals surface area (Å²) in [4.78, 5) is 9.20. The van der Waals surface area contributed by atoms with Crippen LogP contribution in [0.3, 0.4) is 0 Å². The van der Waals surface area contributed by atoms with Crippen LogP contribution in [0.15, 0.2) is 71.8 Å². The summed E-state index contributed by atoms with van der Waals surface area (Å²) >= 11 is 12.1. The largest absolute Gasteiger partial charge is 0.261 e. The number of anilines is 1. The molecule has 1 heterocycles. The summed E-state index contributed by atoms with van der Waals surface area (Å²) in [5, 5.41) is 5.94. The number of benzene rings is 3. The summed E-state index contributed by atoms with van der Waals surface area (Å²) in [7, 11) is 0. The molecule has 28 heavy (non-hydrogen) atoms. The lowest BCUT2D eigenvalue weighted by atomic mass is 10.2. The maximum absolute atomic E-state index is 13.0. The molecular weight excluding hydrogens is 398 g/mol. The molecule has 0 aliphatic heterocycles. The number of nitrogens with zero attached hydrogens (tertiary/aromatic N) is 3. The normalized spacial score (nSPS) is 11.2. The van der Waals surface area contributed by atoms with Crippen molar-refractivity contribution in [3.05, 3.63) is 88.2 Å². The van der Waals surface area contributed by atoms with Crippen LogP contribution < -0.4 is 5.43 Å². The number of hydrazone groups is 1. The topological polar surface area (TPSA) is 50.2 Å². The van der Waals surface area contributed by atoms with Crippen molar-refractivity contribution in [3.63, 3.8) is 0 Å². The average molecular weight is 411 g/mol. The maximum atomic E-state index is 13.0. The van der Waals surface area contributed by atoms with Gasteiger partial charge >= 0.3 is 0 Å². The molecule has 0 aliphatic rings. The Kier molecular flexibility index (Phi) is 5.19. The van der Waals surface area contributed by atoms with Gasteiger partial charge < -0.3 is 0 Å². The van der Waals surface area contributed by atoms with E-state index in [-0.39, 0.29) is 5.82 Å². The van der Waals surface area contributed by atoms with Gasteiger partial charge in [-0.25, -0.2) is 14.4 Å². The monoisotopic (exact) mass is 410 g/mol. The molecule has 1 N–H and O–H groups in total. The van der Waals surface area contributed by atoms with Crippen LogP contribution in [-0.2, 0) is 0 Å². The third-order valence-electron chi connectivity index (χ3n) is 4.04. The molecule has 4 nitrogen and oxygen atoms in total. The fourth-order valence-electron chi connectivity index (χ4n) is 2.64. The van der Waals surface area contributed by atoms with Gasteiger partial charge in [0.15, 0.2) is 11.6 Å². The van der Waals surface area contributed by atoms with Crippen LogP contribution in [-0.4, -0.2) is 16.2 Å². The summed E-state index contributed by atoms with van der Waals surface area (Å²) in [5.74, 6) is 0.750. The summed E-state index contributed by atoms with van der Waals surface area (Å²) in [5.41, 5.74) is 5.22. The van der Waals surface area contributed by atoms with Crippen molar-refractivity contribution in [3.8, 4) is 11.4 Å². The van der Waals surface area contributed by atoms with E-state index in [0.29, 0.717) is 21.7 Å². The molecule has 0 amide bonds. The highest BCUT2D eigenvalue weighted by Gasteiger charge is 2.10. The minimum absolute atomic E-state index is 0.293. The number of hydrogen-bond donors (Lipinski definition) is 1. The minimum Gasteiger partial charge on any atom is -0.261 e. The number of nitrogens with one attached hydrogen (secondary N) is 1. The molecule has 0 radical (unpaired) electrons. The summed E-state index contributed by atoms with van der Waals surface area (Å²) < 4.78 is 13.0. The lowest BCUT2D eigenvalue weighted by molar-refractivity contribution is 0.628. The van der Waals surface area contributed by atoms with Crippen LogP contribution in [0.25, 0.3) is 22.3 Å². The van der Waals surface area contributed by atoms with Crippen LogP contribution in [0.2, 0.25) is 10.0 Å². The second-order valence-corrected chi connectivity index (χ2v) is 6.78. The van der Waals surface area contributed by atoms with Crippen molar-refractivity contribution in [1.82, 2.24) is 9.97 Å². The van der Waals surface area contributed by atoms with E-state index in [1.54, 1.807) is 30.5 Å². The van der Waals surface area contributed by atoms with Crippen molar-refractivity contribution in [2.24, 2.45) is 5.10 Å². The van der Waals surface area contributed by atoms with Gasteiger partial charge in [-0.15, -0.1) is 0 Å². The van der Waals surface area contributed by atoms with Crippen molar-refractivity contribution < 1.29 is 4.39 Å².